The van der Waals surface area contributed by atoms with E-state index >= 15 is 0 Å². The predicted octanol–water partition coefficient (Wildman–Crippen LogP) is 2.78. The highest BCUT2D eigenvalue weighted by Gasteiger charge is 2.46. The van der Waals surface area contributed by atoms with E-state index in [0.29, 0.717) is 12.4 Å². The molecule has 0 aliphatic carbocycles. The number of halogens is 6. The van der Waals surface area contributed by atoms with Gasteiger partial charge in [0.2, 0.25) is 5.95 Å². The fourth-order valence-electron chi connectivity index (χ4n) is 3.74. The molecule has 1 fully saturated rings. The molecule has 0 saturated carbocycles. The number of carbonyl (C=O) groups excluding carboxylic acids is 1. The van der Waals surface area contributed by atoms with Crippen LogP contribution < -0.4 is 11.1 Å². The third-order valence-electron chi connectivity index (χ3n) is 5.43. The molecule has 1 amide bonds. The molecule has 0 unspecified atom stereocenters. The molecule has 0 aromatic carbocycles. The van der Waals surface area contributed by atoms with Gasteiger partial charge in [0.05, 0.1) is 36.1 Å². The first-order valence-corrected chi connectivity index (χ1v) is 10.5. The molecule has 2 atom stereocenters. The van der Waals surface area contributed by atoms with Gasteiger partial charge in [-0.2, -0.15) is 13.2 Å². The summed E-state index contributed by atoms with van der Waals surface area (Å²) in [4.78, 5) is 32.7. The molecule has 2 aromatic heterocycles. The first-order valence-electron chi connectivity index (χ1n) is 10.5. The number of nitrogens with one attached hydrogen (secondary N) is 1. The highest BCUT2D eigenvalue weighted by Crippen LogP contribution is 2.35. The molecule has 0 spiro atoms. The van der Waals surface area contributed by atoms with Crippen molar-refractivity contribution in [1.82, 2.24) is 24.8 Å². The van der Waals surface area contributed by atoms with Crippen LogP contribution in [0.5, 0.6) is 0 Å². The van der Waals surface area contributed by atoms with Crippen LogP contribution in [-0.4, -0.2) is 69.1 Å². The Morgan fingerprint density at radius 2 is 1.83 bits per heavy atom. The number of allylic oxidation sites excluding steroid dienone is 1. The number of carbonyl (C=O) groups is 1. The molecule has 3 heterocycles. The van der Waals surface area contributed by atoms with Gasteiger partial charge in [-0.25, -0.2) is 33.1 Å². The molecule has 3 N–H and O–H groups in total. The Morgan fingerprint density at radius 1 is 1.22 bits per heavy atom. The Balaban J connectivity index is 1.89. The van der Waals surface area contributed by atoms with E-state index < -0.39 is 60.0 Å². The van der Waals surface area contributed by atoms with Gasteiger partial charge >= 0.3 is 6.18 Å². The highest BCUT2D eigenvalue weighted by molar-refractivity contribution is 6.17. The zero-order valence-corrected chi connectivity index (χ0v) is 19.1. The lowest BCUT2D eigenvalue weighted by molar-refractivity contribution is -0.148. The fourth-order valence-corrected chi connectivity index (χ4v) is 3.74. The Morgan fingerprint density at radius 3 is 2.39 bits per heavy atom. The van der Waals surface area contributed by atoms with E-state index in [0.717, 1.165) is 23.5 Å². The average Bonchev–Trinajstić information content (AvgIpc) is 2.80. The van der Waals surface area contributed by atoms with E-state index in [1.54, 1.807) is 0 Å². The number of anilines is 1. The van der Waals surface area contributed by atoms with Crippen LogP contribution in [0.2, 0.25) is 0 Å². The standard InChI is InChI=1S/C21H22F6N8O/c1-11-3-20(23,24)10-35(15(11)9-34-19-32-4-12(5-33-19)21(25,26)27)18(36)16(28)14(8-29-2)17-30-6-13(22)7-31-17/h4-8,11,15H,3,9-10,28H2,1-2H3,(H,32,33,34)/t11-,15-/m1/s1. The van der Waals surface area contributed by atoms with Gasteiger partial charge in [-0.15, -0.1) is 0 Å². The molecular formula is C21H22F6N8O. The van der Waals surface area contributed by atoms with E-state index in [1.807, 2.05) is 0 Å². The number of amides is 1. The van der Waals surface area contributed by atoms with Crippen molar-refractivity contribution in [2.75, 3.05) is 25.5 Å². The van der Waals surface area contributed by atoms with Gasteiger partial charge in [-0.05, 0) is 5.92 Å². The van der Waals surface area contributed by atoms with Gasteiger partial charge in [0.1, 0.15) is 5.70 Å². The van der Waals surface area contributed by atoms with E-state index in [4.69, 9.17) is 5.73 Å². The minimum absolute atomic E-state index is 0.0955. The number of aliphatic imine (C=N–C) groups is 1. The van der Waals surface area contributed by atoms with Crippen LogP contribution in [0.1, 0.15) is 24.7 Å². The van der Waals surface area contributed by atoms with Crippen LogP contribution in [0.4, 0.5) is 32.3 Å². The molecule has 36 heavy (non-hydrogen) atoms. The Kier molecular flexibility index (Phi) is 7.79. The number of nitrogens with two attached hydrogens (primary N) is 1. The zero-order chi connectivity index (χ0) is 26.7. The van der Waals surface area contributed by atoms with Crippen LogP contribution in [-0.2, 0) is 11.0 Å². The summed E-state index contributed by atoms with van der Waals surface area (Å²) in [5.41, 5.74) is 4.39. The van der Waals surface area contributed by atoms with Crippen molar-refractivity contribution >= 4 is 23.6 Å². The number of hydrogen-bond donors (Lipinski definition) is 2. The van der Waals surface area contributed by atoms with Crippen molar-refractivity contribution in [3.8, 4) is 0 Å². The van der Waals surface area contributed by atoms with Crippen molar-refractivity contribution in [2.45, 2.75) is 31.5 Å². The first-order chi connectivity index (χ1) is 16.8. The highest BCUT2D eigenvalue weighted by atomic mass is 19.4. The first kappa shape index (κ1) is 26.8. The van der Waals surface area contributed by atoms with Crippen LogP contribution >= 0.6 is 0 Å². The van der Waals surface area contributed by atoms with Gasteiger partial charge in [0.25, 0.3) is 11.8 Å². The number of alkyl halides is 5. The Labute approximate surface area is 201 Å². The summed E-state index contributed by atoms with van der Waals surface area (Å²) in [5.74, 6) is -5.98. The number of piperidine rings is 1. The van der Waals surface area contributed by atoms with Gasteiger partial charge in [0, 0.05) is 38.6 Å². The van der Waals surface area contributed by atoms with E-state index in [2.05, 4.69) is 30.2 Å². The summed E-state index contributed by atoms with van der Waals surface area (Å²) in [6, 6.07) is -0.851. The summed E-state index contributed by atoms with van der Waals surface area (Å²) >= 11 is 0. The predicted molar refractivity (Wildman–Crippen MR) is 117 cm³/mol. The lowest BCUT2D eigenvalue weighted by Gasteiger charge is -2.43. The number of hydrogen-bond acceptors (Lipinski definition) is 8. The second-order valence-corrected chi connectivity index (χ2v) is 8.15. The summed E-state index contributed by atoms with van der Waals surface area (Å²) in [7, 11) is 1.37. The number of likely N-dealkylation sites (tertiary alicyclic amines) is 1. The molecular weight excluding hydrogens is 494 g/mol. The maximum atomic E-state index is 14.4. The second-order valence-electron chi connectivity index (χ2n) is 8.15. The number of aromatic nitrogens is 4. The van der Waals surface area contributed by atoms with Gasteiger partial charge in [-0.1, -0.05) is 6.92 Å². The van der Waals surface area contributed by atoms with Crippen LogP contribution in [0, 0.1) is 11.7 Å². The van der Waals surface area contributed by atoms with E-state index in [-0.39, 0.29) is 23.9 Å². The smallest absolute Gasteiger partial charge is 0.394 e. The normalized spacial score (nSPS) is 20.8. The molecule has 2 aromatic rings. The second kappa shape index (κ2) is 10.5. The van der Waals surface area contributed by atoms with E-state index in [1.165, 1.54) is 14.0 Å². The van der Waals surface area contributed by atoms with Crippen molar-refractivity contribution in [2.24, 2.45) is 16.6 Å². The molecule has 15 heteroatoms. The lowest BCUT2D eigenvalue weighted by atomic mass is 9.88. The number of nitrogens with zero attached hydrogens (tertiary/aromatic N) is 6. The van der Waals surface area contributed by atoms with Gasteiger partial charge in [-0.3, -0.25) is 9.79 Å². The molecule has 1 aliphatic heterocycles. The van der Waals surface area contributed by atoms with Crippen molar-refractivity contribution in [3.05, 3.63) is 47.7 Å². The van der Waals surface area contributed by atoms with Crippen molar-refractivity contribution in [3.63, 3.8) is 0 Å². The third-order valence-corrected chi connectivity index (χ3v) is 5.43. The Hall–Kier alpha value is -3.78. The molecule has 9 nitrogen and oxygen atoms in total. The topological polar surface area (TPSA) is 122 Å². The largest absolute Gasteiger partial charge is 0.419 e. The van der Waals surface area contributed by atoms with Gasteiger partial charge < -0.3 is 16.0 Å². The van der Waals surface area contributed by atoms with Gasteiger partial charge in [0.15, 0.2) is 11.6 Å². The maximum absolute atomic E-state index is 14.4. The monoisotopic (exact) mass is 516 g/mol. The maximum Gasteiger partial charge on any atom is 0.419 e. The molecule has 0 bridgehead atoms. The third kappa shape index (κ3) is 6.26. The van der Waals surface area contributed by atoms with Crippen molar-refractivity contribution in [1.29, 1.82) is 0 Å². The van der Waals surface area contributed by atoms with Crippen LogP contribution in [0.25, 0.3) is 5.57 Å². The number of rotatable bonds is 6. The molecule has 0 radical (unpaired) electrons. The van der Waals surface area contributed by atoms with E-state index in [9.17, 15) is 31.1 Å². The van der Waals surface area contributed by atoms with Crippen LogP contribution in [0.3, 0.4) is 0 Å². The fraction of sp³-hybridized carbons (Fsp3) is 0.429. The van der Waals surface area contributed by atoms with Crippen LogP contribution in [0.15, 0.2) is 35.5 Å². The Bertz CT molecular complexity index is 1130. The summed E-state index contributed by atoms with van der Waals surface area (Å²) in [5, 5.41) is 2.69. The molecule has 194 valence electrons. The van der Waals surface area contributed by atoms with Crippen molar-refractivity contribution < 1.29 is 31.1 Å². The average molecular weight is 516 g/mol. The molecule has 1 saturated heterocycles. The summed E-state index contributed by atoms with van der Waals surface area (Å²) in [6.45, 7) is 0.397. The minimum Gasteiger partial charge on any atom is -0.394 e. The molecule has 1 aliphatic rings. The molecule has 3 rings (SSSR count). The minimum atomic E-state index is -4.62. The summed E-state index contributed by atoms with van der Waals surface area (Å²) in [6.07, 6.45) is -1.16. The summed E-state index contributed by atoms with van der Waals surface area (Å²) < 4.78 is 80.3. The zero-order valence-electron chi connectivity index (χ0n) is 19.1. The SMILES string of the molecule is CN=CC(=C(N)C(=O)N1CC(F)(F)C[C@@H](C)[C@H]1CNc1ncc(C(F)(F)F)cn1)c1ncc(F)cn1. The quantitative estimate of drug-likeness (QED) is 0.344. The lowest BCUT2D eigenvalue weighted by Crippen LogP contribution is -2.58.